The van der Waals surface area contributed by atoms with Gasteiger partial charge in [-0.15, -0.1) is 0 Å². The molecule has 7 heteroatoms. The van der Waals surface area contributed by atoms with E-state index in [2.05, 4.69) is 31.5 Å². The molecule has 162 valence electrons. The van der Waals surface area contributed by atoms with Crippen LogP contribution < -0.4 is 10.6 Å². The number of aryl methyl sites for hydroxylation is 1. The summed E-state index contributed by atoms with van der Waals surface area (Å²) < 4.78 is 6.79. The van der Waals surface area contributed by atoms with Crippen LogP contribution >= 0.6 is 28.1 Å². The number of carbonyl (C=O) groups excluding carboxylic acids is 1. The first-order chi connectivity index (χ1) is 16.0. The Morgan fingerprint density at radius 3 is 2.55 bits per heavy atom. The zero-order chi connectivity index (χ0) is 22.9. The van der Waals surface area contributed by atoms with Gasteiger partial charge >= 0.3 is 0 Å². The minimum Gasteiger partial charge on any atom is -0.436 e. The van der Waals surface area contributed by atoms with E-state index in [1.807, 2.05) is 79.7 Å². The van der Waals surface area contributed by atoms with Gasteiger partial charge in [0, 0.05) is 21.3 Å². The van der Waals surface area contributed by atoms with Gasteiger partial charge in [0.15, 0.2) is 10.7 Å². The standard InChI is InChI=1S/C26H18BrN3O2S/c1-15-8-13-23-22(14-15)29-25(32-23)16-9-11-17(12-10-16)28-26(33)30-24(31)20-6-2-5-19-18(20)4-3-7-21(19)27/h2-14H,1H3,(H2,28,30,31,33). The highest BCUT2D eigenvalue weighted by Crippen LogP contribution is 2.27. The van der Waals surface area contributed by atoms with Gasteiger partial charge in [0.25, 0.3) is 5.91 Å². The highest BCUT2D eigenvalue weighted by atomic mass is 79.9. The molecule has 0 spiro atoms. The number of rotatable bonds is 3. The molecule has 0 saturated heterocycles. The first-order valence-electron chi connectivity index (χ1n) is 10.3. The Kier molecular flexibility index (Phi) is 5.66. The summed E-state index contributed by atoms with van der Waals surface area (Å²) in [6.07, 6.45) is 0. The summed E-state index contributed by atoms with van der Waals surface area (Å²) in [7, 11) is 0. The highest BCUT2D eigenvalue weighted by molar-refractivity contribution is 9.10. The molecule has 0 fully saturated rings. The van der Waals surface area contributed by atoms with E-state index in [0.717, 1.165) is 43.2 Å². The fraction of sp³-hybridized carbons (Fsp3) is 0.0385. The van der Waals surface area contributed by atoms with Gasteiger partial charge in [-0.05, 0) is 84.0 Å². The molecule has 0 atom stereocenters. The minimum atomic E-state index is -0.269. The summed E-state index contributed by atoms with van der Waals surface area (Å²) >= 11 is 8.89. The lowest BCUT2D eigenvalue weighted by Crippen LogP contribution is -2.34. The molecule has 0 aliphatic carbocycles. The summed E-state index contributed by atoms with van der Waals surface area (Å²) in [5.41, 5.74) is 4.87. The number of hydrogen-bond donors (Lipinski definition) is 2. The van der Waals surface area contributed by atoms with Crippen LogP contribution in [0.2, 0.25) is 0 Å². The molecule has 0 radical (unpaired) electrons. The van der Waals surface area contributed by atoms with Crippen molar-refractivity contribution in [1.82, 2.24) is 10.3 Å². The monoisotopic (exact) mass is 515 g/mol. The summed E-state index contributed by atoms with van der Waals surface area (Å²) in [6, 6.07) is 24.8. The van der Waals surface area contributed by atoms with Gasteiger partial charge in [-0.25, -0.2) is 4.98 Å². The third kappa shape index (κ3) is 4.37. The third-order valence-electron chi connectivity index (χ3n) is 5.27. The molecule has 0 saturated carbocycles. The number of thiocarbonyl (C=S) groups is 1. The van der Waals surface area contributed by atoms with Crippen molar-refractivity contribution in [3.63, 3.8) is 0 Å². The fourth-order valence-electron chi connectivity index (χ4n) is 3.66. The third-order valence-corrected chi connectivity index (χ3v) is 6.17. The number of aromatic nitrogens is 1. The number of benzene rings is 4. The van der Waals surface area contributed by atoms with Crippen LogP contribution in [0.3, 0.4) is 0 Å². The van der Waals surface area contributed by atoms with Crippen LogP contribution in [0.15, 0.2) is 87.8 Å². The van der Waals surface area contributed by atoms with Crippen LogP contribution in [0.1, 0.15) is 15.9 Å². The number of amides is 1. The van der Waals surface area contributed by atoms with Crippen LogP contribution in [-0.2, 0) is 0 Å². The smallest absolute Gasteiger partial charge is 0.258 e. The average molecular weight is 516 g/mol. The Labute approximate surface area is 204 Å². The molecule has 1 amide bonds. The Morgan fingerprint density at radius 2 is 1.73 bits per heavy atom. The van der Waals surface area contributed by atoms with Crippen LogP contribution in [0.4, 0.5) is 5.69 Å². The van der Waals surface area contributed by atoms with Gasteiger partial charge in [0.2, 0.25) is 5.89 Å². The second kappa shape index (κ2) is 8.77. The zero-order valence-electron chi connectivity index (χ0n) is 17.6. The van der Waals surface area contributed by atoms with Gasteiger partial charge in [-0.3, -0.25) is 10.1 Å². The fourth-order valence-corrected chi connectivity index (χ4v) is 4.37. The SMILES string of the molecule is Cc1ccc2oc(-c3ccc(NC(=S)NC(=O)c4cccc5c(Br)cccc45)cc3)nc2c1. The van der Waals surface area contributed by atoms with Gasteiger partial charge in [-0.2, -0.15) is 0 Å². The number of anilines is 1. The Morgan fingerprint density at radius 1 is 0.970 bits per heavy atom. The van der Waals surface area contributed by atoms with Gasteiger partial charge < -0.3 is 9.73 Å². The first kappa shape index (κ1) is 21.3. The van der Waals surface area contributed by atoms with Crippen molar-refractivity contribution in [2.24, 2.45) is 0 Å². The van der Waals surface area contributed by atoms with Gasteiger partial charge in [0.1, 0.15) is 5.52 Å². The lowest BCUT2D eigenvalue weighted by Gasteiger charge is -2.11. The van der Waals surface area contributed by atoms with Crippen molar-refractivity contribution >= 4 is 66.7 Å². The van der Waals surface area contributed by atoms with Gasteiger partial charge in [0.05, 0.1) is 0 Å². The quantitative estimate of drug-likeness (QED) is 0.257. The van der Waals surface area contributed by atoms with Crippen molar-refractivity contribution in [3.8, 4) is 11.5 Å². The van der Waals surface area contributed by atoms with Crippen LogP contribution in [0, 0.1) is 6.92 Å². The molecule has 0 bridgehead atoms. The molecule has 33 heavy (non-hydrogen) atoms. The minimum absolute atomic E-state index is 0.220. The van der Waals surface area contributed by atoms with Crippen molar-refractivity contribution in [2.75, 3.05) is 5.32 Å². The Balaban J connectivity index is 1.29. The summed E-state index contributed by atoms with van der Waals surface area (Å²) in [4.78, 5) is 17.4. The molecule has 0 aliphatic heterocycles. The first-order valence-corrected chi connectivity index (χ1v) is 11.5. The maximum Gasteiger partial charge on any atom is 0.258 e. The zero-order valence-corrected chi connectivity index (χ0v) is 20.0. The number of carbonyl (C=O) groups is 1. The summed E-state index contributed by atoms with van der Waals surface area (Å²) in [6.45, 7) is 2.02. The second-order valence-corrected chi connectivity index (χ2v) is 8.88. The molecule has 4 aromatic carbocycles. The largest absolute Gasteiger partial charge is 0.436 e. The highest BCUT2D eigenvalue weighted by Gasteiger charge is 2.13. The summed E-state index contributed by atoms with van der Waals surface area (Å²) in [5, 5.41) is 7.85. The van der Waals surface area contributed by atoms with E-state index >= 15 is 0 Å². The molecule has 2 N–H and O–H groups in total. The predicted octanol–water partition coefficient (Wildman–Crippen LogP) is 6.85. The van der Waals surface area contributed by atoms with Crippen molar-refractivity contribution < 1.29 is 9.21 Å². The molecule has 1 aromatic heterocycles. The predicted molar refractivity (Wildman–Crippen MR) is 140 cm³/mol. The van der Waals surface area contributed by atoms with Crippen molar-refractivity contribution in [3.05, 3.63) is 94.5 Å². The molecule has 0 aliphatic rings. The Hall–Kier alpha value is -3.55. The Bertz CT molecular complexity index is 1530. The maximum atomic E-state index is 12.8. The van der Waals surface area contributed by atoms with Gasteiger partial charge in [-0.1, -0.05) is 46.3 Å². The molecular formula is C26H18BrN3O2S. The van der Waals surface area contributed by atoms with Crippen LogP contribution in [0.5, 0.6) is 0 Å². The lowest BCUT2D eigenvalue weighted by molar-refractivity contribution is 0.0979. The van der Waals surface area contributed by atoms with Crippen molar-refractivity contribution in [1.29, 1.82) is 0 Å². The van der Waals surface area contributed by atoms with E-state index in [9.17, 15) is 4.79 Å². The van der Waals surface area contributed by atoms with E-state index in [0.29, 0.717) is 11.5 Å². The van der Waals surface area contributed by atoms with Crippen molar-refractivity contribution in [2.45, 2.75) is 6.92 Å². The van der Waals surface area contributed by atoms with E-state index in [1.165, 1.54) is 0 Å². The molecular weight excluding hydrogens is 498 g/mol. The topological polar surface area (TPSA) is 67.2 Å². The molecule has 0 unspecified atom stereocenters. The van der Waals surface area contributed by atoms with E-state index in [4.69, 9.17) is 16.6 Å². The number of halogens is 1. The number of nitrogens with one attached hydrogen (secondary N) is 2. The van der Waals surface area contributed by atoms with E-state index in [-0.39, 0.29) is 11.0 Å². The number of oxazole rings is 1. The van der Waals surface area contributed by atoms with E-state index < -0.39 is 0 Å². The molecule has 5 rings (SSSR count). The number of hydrogen-bond acceptors (Lipinski definition) is 4. The molecule has 5 aromatic rings. The summed E-state index contributed by atoms with van der Waals surface area (Å²) in [5.74, 6) is 0.287. The normalized spacial score (nSPS) is 11.0. The van der Waals surface area contributed by atoms with Crippen LogP contribution in [0.25, 0.3) is 33.3 Å². The van der Waals surface area contributed by atoms with Crippen LogP contribution in [-0.4, -0.2) is 16.0 Å². The maximum absolute atomic E-state index is 12.8. The molecule has 5 nitrogen and oxygen atoms in total. The number of fused-ring (bicyclic) bond motifs is 2. The molecule has 1 heterocycles. The average Bonchev–Trinajstić information content (AvgIpc) is 3.22. The number of nitrogens with zero attached hydrogens (tertiary/aromatic N) is 1. The lowest BCUT2D eigenvalue weighted by atomic mass is 10.0. The van der Waals surface area contributed by atoms with E-state index in [1.54, 1.807) is 6.07 Å². The second-order valence-electron chi connectivity index (χ2n) is 7.62.